The average Bonchev–Trinajstić information content (AvgIpc) is 3.52. The third kappa shape index (κ3) is 5.36. The van der Waals surface area contributed by atoms with Crippen LogP contribution in [0.15, 0.2) is 66.0 Å². The molecule has 0 spiro atoms. The lowest BCUT2D eigenvalue weighted by molar-refractivity contribution is -0.128. The van der Waals surface area contributed by atoms with Gasteiger partial charge in [-0.2, -0.15) is 0 Å². The molecule has 4 aromatic rings. The maximum atomic E-state index is 14.0. The molecule has 0 aliphatic heterocycles. The Hall–Kier alpha value is -3.85. The summed E-state index contributed by atoms with van der Waals surface area (Å²) in [4.78, 5) is 42.1. The van der Waals surface area contributed by atoms with Crippen LogP contribution in [0.2, 0.25) is 0 Å². The number of fused-ring (bicyclic) bond motifs is 1. The van der Waals surface area contributed by atoms with Gasteiger partial charge in [-0.25, -0.2) is 4.68 Å². The summed E-state index contributed by atoms with van der Waals surface area (Å²) in [7, 11) is 0. The number of nitrogens with one attached hydrogen (secondary N) is 1. The van der Waals surface area contributed by atoms with Gasteiger partial charge in [-0.15, -0.1) is 16.4 Å². The Morgan fingerprint density at radius 1 is 1.08 bits per heavy atom. The second kappa shape index (κ2) is 10.4. The van der Waals surface area contributed by atoms with Crippen LogP contribution < -0.4 is 10.2 Å². The van der Waals surface area contributed by atoms with Crippen LogP contribution >= 0.6 is 11.3 Å². The number of hydrogen-bond acceptors (Lipinski definition) is 6. The van der Waals surface area contributed by atoms with E-state index >= 15 is 0 Å². The zero-order chi connectivity index (χ0) is 25.9. The Morgan fingerprint density at radius 2 is 1.86 bits per heavy atom. The van der Waals surface area contributed by atoms with Gasteiger partial charge in [0, 0.05) is 21.7 Å². The Kier molecular flexibility index (Phi) is 7.30. The minimum Gasteiger partial charge on any atom is -0.349 e. The first-order chi connectivity index (χ1) is 17.2. The summed E-state index contributed by atoms with van der Waals surface area (Å²) >= 11 is 1.40. The molecule has 1 N–H and O–H groups in total. The third-order valence-corrected chi connectivity index (χ3v) is 7.09. The zero-order valence-electron chi connectivity index (χ0n) is 20.8. The number of thiophene rings is 1. The molecule has 36 heavy (non-hydrogen) atoms. The molecule has 0 unspecified atom stereocenters. The van der Waals surface area contributed by atoms with Gasteiger partial charge in [0.2, 0.25) is 11.8 Å². The van der Waals surface area contributed by atoms with E-state index in [2.05, 4.69) is 15.6 Å². The number of benzene rings is 2. The molecule has 0 saturated heterocycles. The van der Waals surface area contributed by atoms with Crippen molar-refractivity contribution in [2.45, 2.75) is 52.2 Å². The first-order valence-electron chi connectivity index (χ1n) is 11.8. The number of para-hydroxylation sites is 1. The van der Waals surface area contributed by atoms with Crippen LogP contribution in [-0.2, 0) is 16.1 Å². The number of Topliss-reactive ketones (excluding diaryl/α,β-unsaturated/α-hetero) is 1. The van der Waals surface area contributed by atoms with Crippen LogP contribution in [0.1, 0.15) is 55.4 Å². The Morgan fingerprint density at radius 3 is 2.56 bits per heavy atom. The summed E-state index contributed by atoms with van der Waals surface area (Å²) in [6, 6.07) is 16.9. The lowest BCUT2D eigenvalue weighted by Gasteiger charge is -2.34. The summed E-state index contributed by atoms with van der Waals surface area (Å²) in [5, 5.41) is 13.3. The lowest BCUT2D eigenvalue weighted by Crippen LogP contribution is -2.50. The van der Waals surface area contributed by atoms with E-state index in [-0.39, 0.29) is 24.1 Å². The highest BCUT2D eigenvalue weighted by Crippen LogP contribution is 2.32. The molecule has 0 aliphatic carbocycles. The van der Waals surface area contributed by atoms with Gasteiger partial charge in [0.1, 0.15) is 18.1 Å². The third-order valence-electron chi connectivity index (χ3n) is 6.17. The number of hydrogen-bond donors (Lipinski definition) is 1. The largest absolute Gasteiger partial charge is 0.349 e. The number of anilines is 1. The van der Waals surface area contributed by atoms with Crippen molar-refractivity contribution in [1.82, 2.24) is 20.3 Å². The fraction of sp³-hybridized carbons (Fsp3) is 0.296. The highest BCUT2D eigenvalue weighted by molar-refractivity contribution is 7.10. The number of carbonyl (C=O) groups is 3. The van der Waals surface area contributed by atoms with Crippen LogP contribution in [0, 0.1) is 0 Å². The van der Waals surface area contributed by atoms with E-state index < -0.39 is 11.6 Å². The predicted octanol–water partition coefficient (Wildman–Crippen LogP) is 4.77. The smallest absolute Gasteiger partial charge is 0.249 e. The van der Waals surface area contributed by atoms with Crippen molar-refractivity contribution in [2.24, 2.45) is 0 Å². The molecule has 2 aromatic heterocycles. The first-order valence-corrected chi connectivity index (χ1v) is 12.6. The number of carbonyl (C=O) groups excluding carboxylic acids is 3. The van der Waals surface area contributed by atoms with Crippen LogP contribution in [-0.4, -0.2) is 38.1 Å². The predicted molar refractivity (Wildman–Crippen MR) is 141 cm³/mol. The number of aromatic nitrogens is 3. The monoisotopic (exact) mass is 503 g/mol. The fourth-order valence-corrected chi connectivity index (χ4v) is 4.67. The van der Waals surface area contributed by atoms with Gasteiger partial charge in [-0.3, -0.25) is 19.3 Å². The van der Waals surface area contributed by atoms with Gasteiger partial charge in [0.05, 0.1) is 5.52 Å². The van der Waals surface area contributed by atoms with Gasteiger partial charge in [0.15, 0.2) is 5.78 Å². The van der Waals surface area contributed by atoms with Gasteiger partial charge < -0.3 is 5.32 Å². The second-order valence-corrected chi connectivity index (χ2v) is 10.2. The van der Waals surface area contributed by atoms with Gasteiger partial charge in [0.25, 0.3) is 0 Å². The van der Waals surface area contributed by atoms with Crippen LogP contribution in [0.4, 0.5) is 5.69 Å². The molecule has 0 radical (unpaired) electrons. The molecule has 1 atom stereocenters. The van der Waals surface area contributed by atoms with Crippen molar-refractivity contribution in [2.75, 3.05) is 4.90 Å². The quantitative estimate of drug-likeness (QED) is 0.332. The number of ketones is 1. The maximum absolute atomic E-state index is 14.0. The summed E-state index contributed by atoms with van der Waals surface area (Å²) in [5.74, 6) is -0.778. The van der Waals surface area contributed by atoms with Crippen molar-refractivity contribution < 1.29 is 14.4 Å². The minimum atomic E-state index is -0.930. The molecule has 4 rings (SSSR count). The van der Waals surface area contributed by atoms with Gasteiger partial charge >= 0.3 is 0 Å². The summed E-state index contributed by atoms with van der Waals surface area (Å²) in [6.07, 6.45) is 0.717. The molecule has 0 fully saturated rings. The van der Waals surface area contributed by atoms with E-state index in [0.717, 1.165) is 0 Å². The van der Waals surface area contributed by atoms with Crippen LogP contribution in [0.3, 0.4) is 0 Å². The number of amides is 2. The molecule has 2 amide bonds. The lowest BCUT2D eigenvalue weighted by atomic mass is 10.0. The van der Waals surface area contributed by atoms with Gasteiger partial charge in [-0.05, 0) is 62.9 Å². The zero-order valence-corrected chi connectivity index (χ0v) is 21.6. The molecule has 9 heteroatoms. The maximum Gasteiger partial charge on any atom is 0.249 e. The van der Waals surface area contributed by atoms with Crippen LogP contribution in [0.25, 0.3) is 11.0 Å². The van der Waals surface area contributed by atoms with E-state index in [9.17, 15) is 14.4 Å². The Bertz CT molecular complexity index is 1390. The standard InChI is InChI=1S/C27H29N5O3S/c1-5-27(3,4)28-26(35)25(23-14-9-15-36-23)32(20-11-8-10-19(16-20)18(2)33)24(34)17-31-22-13-7-6-12-21(22)29-30-31/h6-16,25H,5,17H2,1-4H3,(H,28,35)/t25-/m1/s1. The number of rotatable bonds is 9. The fourth-order valence-electron chi connectivity index (χ4n) is 3.86. The minimum absolute atomic E-state index is 0.128. The molecule has 2 heterocycles. The van der Waals surface area contributed by atoms with E-state index in [4.69, 9.17) is 0 Å². The first kappa shape index (κ1) is 25.2. The normalized spacial score (nSPS) is 12.3. The van der Waals surface area contributed by atoms with E-state index in [1.165, 1.54) is 27.8 Å². The second-order valence-electron chi connectivity index (χ2n) is 9.25. The summed E-state index contributed by atoms with van der Waals surface area (Å²) in [6.45, 7) is 7.23. The van der Waals surface area contributed by atoms with Crippen molar-refractivity contribution in [3.63, 3.8) is 0 Å². The van der Waals surface area contributed by atoms with Crippen molar-refractivity contribution in [3.8, 4) is 0 Å². The van der Waals surface area contributed by atoms with Crippen molar-refractivity contribution in [3.05, 3.63) is 76.5 Å². The molecule has 0 aliphatic rings. The van der Waals surface area contributed by atoms with E-state index in [1.807, 2.05) is 62.5 Å². The topological polar surface area (TPSA) is 97.2 Å². The summed E-state index contributed by atoms with van der Waals surface area (Å²) < 4.78 is 1.53. The van der Waals surface area contributed by atoms with E-state index in [1.54, 1.807) is 24.3 Å². The molecule has 0 saturated carbocycles. The molecule has 186 valence electrons. The van der Waals surface area contributed by atoms with Gasteiger partial charge in [-0.1, -0.05) is 42.5 Å². The highest BCUT2D eigenvalue weighted by Gasteiger charge is 2.36. The van der Waals surface area contributed by atoms with Crippen LogP contribution in [0.5, 0.6) is 0 Å². The summed E-state index contributed by atoms with van der Waals surface area (Å²) in [5.41, 5.74) is 1.83. The molecule has 2 aromatic carbocycles. The Labute approximate surface area is 213 Å². The molecular weight excluding hydrogens is 474 g/mol. The van der Waals surface area contributed by atoms with E-state index in [0.29, 0.717) is 33.6 Å². The average molecular weight is 504 g/mol. The van der Waals surface area contributed by atoms with Crippen molar-refractivity contribution in [1.29, 1.82) is 0 Å². The SMILES string of the molecule is CCC(C)(C)NC(=O)[C@@H](c1cccs1)N(C(=O)Cn1nnc2ccccc21)c1cccc(C(C)=O)c1. The molecule has 8 nitrogen and oxygen atoms in total. The molecular formula is C27H29N5O3S. The molecule has 0 bridgehead atoms. The van der Waals surface area contributed by atoms with Crippen molar-refractivity contribution >= 4 is 45.7 Å². The number of nitrogens with zero attached hydrogens (tertiary/aromatic N) is 4. The Balaban J connectivity index is 1.82. The highest BCUT2D eigenvalue weighted by atomic mass is 32.1.